The Morgan fingerprint density at radius 3 is 2.56 bits per heavy atom. The molecule has 0 bridgehead atoms. The number of anilines is 1. The zero-order valence-electron chi connectivity index (χ0n) is 18.1. The van der Waals surface area contributed by atoms with Gasteiger partial charge in [0.25, 0.3) is 5.91 Å². The van der Waals surface area contributed by atoms with Gasteiger partial charge in [0.15, 0.2) is 0 Å². The van der Waals surface area contributed by atoms with Gasteiger partial charge in [0.2, 0.25) is 11.7 Å². The number of nitrogens with two attached hydrogens (primary N) is 1. The molecule has 2 N–H and O–H groups in total. The molecule has 1 fully saturated rings. The number of hydrogen-bond acceptors (Lipinski definition) is 5. The quantitative estimate of drug-likeness (QED) is 0.672. The molecule has 1 aliphatic heterocycles. The molecule has 1 unspecified atom stereocenters. The minimum atomic E-state index is -0.671. The maximum Gasteiger partial charge on any atom is 0.288 e. The third-order valence-corrected chi connectivity index (χ3v) is 5.73. The molecule has 1 atom stereocenters. The monoisotopic (exact) mass is 439 g/mol. The molecule has 3 heterocycles. The lowest BCUT2D eigenvalue weighted by atomic mass is 10.1. The number of fused-ring (bicyclic) bond motifs is 1. The summed E-state index contributed by atoms with van der Waals surface area (Å²) in [5, 5.41) is 8.53. The molecular weight excluding hydrogens is 413 g/mol. The first-order valence-corrected chi connectivity index (χ1v) is 10.6. The summed E-state index contributed by atoms with van der Waals surface area (Å²) < 4.78 is 16.3. The SMILES string of the molecule is CC(c1ccc(F)cc1)n1cnc(C(N)=O)n1.CN1C(=O)CCCn2nc(C3CC3)cc21. The summed E-state index contributed by atoms with van der Waals surface area (Å²) in [5.74, 6) is 0.842. The first-order chi connectivity index (χ1) is 15.3. The second-order valence-electron chi connectivity index (χ2n) is 8.12. The van der Waals surface area contributed by atoms with Gasteiger partial charge < -0.3 is 10.6 Å². The highest BCUT2D eigenvalue weighted by Crippen LogP contribution is 2.40. The highest BCUT2D eigenvalue weighted by atomic mass is 19.1. The van der Waals surface area contributed by atoms with Gasteiger partial charge in [-0.2, -0.15) is 5.10 Å². The van der Waals surface area contributed by atoms with E-state index in [2.05, 4.69) is 21.2 Å². The largest absolute Gasteiger partial charge is 0.363 e. The second-order valence-corrected chi connectivity index (χ2v) is 8.12. The van der Waals surface area contributed by atoms with Crippen LogP contribution in [-0.4, -0.2) is 43.4 Å². The maximum absolute atomic E-state index is 12.8. The van der Waals surface area contributed by atoms with Crippen molar-refractivity contribution in [2.45, 2.75) is 51.1 Å². The van der Waals surface area contributed by atoms with Crippen LogP contribution < -0.4 is 10.6 Å². The Bertz CT molecular complexity index is 1120. The third kappa shape index (κ3) is 4.68. The van der Waals surface area contributed by atoms with Crippen LogP contribution in [0, 0.1) is 5.82 Å². The van der Waals surface area contributed by atoms with Crippen molar-refractivity contribution >= 4 is 17.6 Å². The molecule has 168 valence electrons. The lowest BCUT2D eigenvalue weighted by Crippen LogP contribution is -2.25. The lowest BCUT2D eigenvalue weighted by molar-refractivity contribution is -0.118. The van der Waals surface area contributed by atoms with Gasteiger partial charge in [-0.05, 0) is 43.9 Å². The molecule has 0 saturated heterocycles. The number of rotatable bonds is 4. The van der Waals surface area contributed by atoms with Crippen LogP contribution >= 0.6 is 0 Å². The predicted molar refractivity (Wildman–Crippen MR) is 116 cm³/mol. The molecule has 2 aliphatic rings. The van der Waals surface area contributed by atoms with Gasteiger partial charge in [-0.1, -0.05) is 12.1 Å². The molecule has 1 saturated carbocycles. The maximum atomic E-state index is 12.8. The van der Waals surface area contributed by atoms with Crippen LogP contribution in [0.1, 0.15) is 66.4 Å². The van der Waals surface area contributed by atoms with Gasteiger partial charge in [-0.3, -0.25) is 9.59 Å². The van der Waals surface area contributed by atoms with E-state index in [1.165, 1.54) is 41.7 Å². The molecule has 2 aromatic heterocycles. The minimum absolute atomic E-state index is 0.0287. The van der Waals surface area contributed by atoms with Crippen LogP contribution in [0.4, 0.5) is 10.2 Å². The molecular formula is C22H26FN7O2. The average molecular weight is 439 g/mol. The standard InChI is InChI=1S/C11H11FN4O.C11H15N3O/c1-7(8-2-4-9(12)5-3-8)16-6-14-11(15-16)10(13)17;1-13-10-7-9(8-4-5-8)12-14(10)6-2-3-11(13)15/h2-7H,1H3,(H2,13,17);7-8H,2-6H2,1H3. The van der Waals surface area contributed by atoms with Crippen molar-refractivity contribution in [3.05, 3.63) is 59.6 Å². The van der Waals surface area contributed by atoms with Crippen molar-refractivity contribution in [1.82, 2.24) is 24.5 Å². The molecule has 0 radical (unpaired) electrons. The topological polar surface area (TPSA) is 112 Å². The number of carbonyl (C=O) groups excluding carboxylic acids is 2. The van der Waals surface area contributed by atoms with Gasteiger partial charge in [-0.25, -0.2) is 18.7 Å². The summed E-state index contributed by atoms with van der Waals surface area (Å²) in [5.41, 5.74) is 7.10. The van der Waals surface area contributed by atoms with Crippen molar-refractivity contribution in [2.24, 2.45) is 5.73 Å². The van der Waals surface area contributed by atoms with Gasteiger partial charge in [0, 0.05) is 32.0 Å². The molecule has 3 aromatic rings. The fourth-order valence-electron chi connectivity index (χ4n) is 3.58. The third-order valence-electron chi connectivity index (χ3n) is 5.73. The van der Waals surface area contributed by atoms with Crippen molar-refractivity contribution in [3.8, 4) is 0 Å². The second kappa shape index (κ2) is 8.89. The number of amides is 2. The van der Waals surface area contributed by atoms with Crippen LogP contribution in [-0.2, 0) is 11.3 Å². The van der Waals surface area contributed by atoms with Crippen LogP contribution in [0.5, 0.6) is 0 Å². The molecule has 5 rings (SSSR count). The van der Waals surface area contributed by atoms with E-state index >= 15 is 0 Å². The van der Waals surface area contributed by atoms with Crippen LogP contribution in [0.3, 0.4) is 0 Å². The highest BCUT2D eigenvalue weighted by Gasteiger charge is 2.29. The van der Waals surface area contributed by atoms with Gasteiger partial charge in [0.05, 0.1) is 11.7 Å². The predicted octanol–water partition coefficient (Wildman–Crippen LogP) is 2.64. The number of benzene rings is 1. The van der Waals surface area contributed by atoms with Gasteiger partial charge in [-0.15, -0.1) is 5.10 Å². The number of primary amides is 1. The Morgan fingerprint density at radius 1 is 1.22 bits per heavy atom. The summed E-state index contributed by atoms with van der Waals surface area (Å²) in [4.78, 5) is 28.0. The highest BCUT2D eigenvalue weighted by molar-refractivity contribution is 5.92. The van der Waals surface area contributed by atoms with Crippen molar-refractivity contribution in [2.75, 3.05) is 11.9 Å². The van der Waals surface area contributed by atoms with E-state index in [1.807, 2.05) is 18.7 Å². The van der Waals surface area contributed by atoms with Crippen LogP contribution in [0.2, 0.25) is 0 Å². The average Bonchev–Trinajstić information content (AvgIpc) is 3.38. The minimum Gasteiger partial charge on any atom is -0.363 e. The molecule has 2 amide bonds. The van der Waals surface area contributed by atoms with Crippen LogP contribution in [0.25, 0.3) is 0 Å². The summed E-state index contributed by atoms with van der Waals surface area (Å²) in [6.07, 6.45) is 5.48. The van der Waals surface area contributed by atoms with E-state index in [0.717, 1.165) is 24.3 Å². The lowest BCUT2D eigenvalue weighted by Gasteiger charge is -2.13. The zero-order valence-corrected chi connectivity index (χ0v) is 18.1. The molecule has 32 heavy (non-hydrogen) atoms. The van der Waals surface area contributed by atoms with E-state index in [9.17, 15) is 14.0 Å². The van der Waals surface area contributed by atoms with Crippen LogP contribution in [0.15, 0.2) is 36.7 Å². The fraction of sp³-hybridized carbons (Fsp3) is 0.409. The number of carbonyl (C=O) groups is 2. The normalized spacial score (nSPS) is 16.6. The van der Waals surface area contributed by atoms with E-state index in [1.54, 1.807) is 17.0 Å². The number of hydrogen-bond donors (Lipinski definition) is 1. The van der Waals surface area contributed by atoms with Gasteiger partial charge in [0.1, 0.15) is 18.0 Å². The molecule has 9 nitrogen and oxygen atoms in total. The number of halogens is 1. The Balaban J connectivity index is 0.000000154. The molecule has 0 spiro atoms. The first-order valence-electron chi connectivity index (χ1n) is 10.6. The summed E-state index contributed by atoms with van der Waals surface area (Å²) >= 11 is 0. The number of nitrogens with zero attached hydrogens (tertiary/aromatic N) is 6. The van der Waals surface area contributed by atoms with E-state index in [-0.39, 0.29) is 23.6 Å². The summed E-state index contributed by atoms with van der Waals surface area (Å²) in [6.45, 7) is 2.74. The Labute approximate surface area is 185 Å². The summed E-state index contributed by atoms with van der Waals surface area (Å²) in [6, 6.07) is 8.00. The number of aromatic nitrogens is 5. The smallest absolute Gasteiger partial charge is 0.288 e. The summed E-state index contributed by atoms with van der Waals surface area (Å²) in [7, 11) is 1.85. The van der Waals surface area contributed by atoms with Crippen molar-refractivity contribution < 1.29 is 14.0 Å². The molecule has 10 heteroatoms. The van der Waals surface area contributed by atoms with Crippen molar-refractivity contribution in [1.29, 1.82) is 0 Å². The molecule has 1 aliphatic carbocycles. The van der Waals surface area contributed by atoms with Gasteiger partial charge >= 0.3 is 0 Å². The fourth-order valence-corrected chi connectivity index (χ4v) is 3.58. The van der Waals surface area contributed by atoms with E-state index in [4.69, 9.17) is 5.73 Å². The van der Waals surface area contributed by atoms with Crippen molar-refractivity contribution in [3.63, 3.8) is 0 Å². The Kier molecular flexibility index (Phi) is 6.02. The first kappa shape index (κ1) is 21.7. The Morgan fingerprint density at radius 2 is 1.94 bits per heavy atom. The van der Waals surface area contributed by atoms with E-state index < -0.39 is 5.91 Å². The Hall–Kier alpha value is -3.56. The van der Waals surface area contributed by atoms with E-state index in [0.29, 0.717) is 12.3 Å². The molecule has 1 aromatic carbocycles. The number of aryl methyl sites for hydroxylation is 1. The zero-order chi connectivity index (χ0) is 22.8.